The summed E-state index contributed by atoms with van der Waals surface area (Å²) in [6.45, 7) is 3.51. The minimum absolute atomic E-state index is 0.000113. The third-order valence-corrected chi connectivity index (χ3v) is 6.15. The predicted molar refractivity (Wildman–Crippen MR) is 137 cm³/mol. The van der Waals surface area contributed by atoms with E-state index in [2.05, 4.69) is 26.8 Å². The van der Waals surface area contributed by atoms with Crippen LogP contribution in [-0.2, 0) is 4.79 Å². The Hall–Kier alpha value is -3.99. The molecule has 0 spiro atoms. The highest BCUT2D eigenvalue weighted by atomic mass is 19.3. The van der Waals surface area contributed by atoms with Crippen molar-refractivity contribution in [2.24, 2.45) is 5.92 Å². The molecule has 2 N–H and O–H groups in total. The first-order chi connectivity index (χ1) is 17.4. The molecular formula is C28H28F2N4O2. The number of H-pyrrole nitrogens is 1. The van der Waals surface area contributed by atoms with Gasteiger partial charge in [-0.15, -0.1) is 0 Å². The van der Waals surface area contributed by atoms with E-state index < -0.39 is 12.4 Å². The van der Waals surface area contributed by atoms with E-state index in [4.69, 9.17) is 5.11 Å². The molecule has 1 aliphatic heterocycles. The van der Waals surface area contributed by atoms with Crippen LogP contribution in [0.15, 0.2) is 60.3 Å². The molecule has 1 fully saturated rings. The molecule has 3 heterocycles. The summed E-state index contributed by atoms with van der Waals surface area (Å²) in [6, 6.07) is 10.2. The molecule has 3 aromatic rings. The van der Waals surface area contributed by atoms with Crippen LogP contribution in [-0.4, -0.2) is 39.1 Å². The molecule has 0 radical (unpaired) electrons. The molecule has 1 atom stereocenters. The number of piperidine rings is 1. The summed E-state index contributed by atoms with van der Waals surface area (Å²) in [4.78, 5) is 24.7. The topological polar surface area (TPSA) is 82.1 Å². The van der Waals surface area contributed by atoms with Gasteiger partial charge in [-0.1, -0.05) is 41.7 Å². The van der Waals surface area contributed by atoms with Crippen molar-refractivity contribution in [2.75, 3.05) is 18.0 Å². The minimum Gasteiger partial charge on any atom is -0.481 e. The second-order valence-corrected chi connectivity index (χ2v) is 8.89. The number of aromatic amines is 1. The van der Waals surface area contributed by atoms with Crippen LogP contribution in [0.5, 0.6) is 0 Å². The van der Waals surface area contributed by atoms with Gasteiger partial charge in [0.25, 0.3) is 6.43 Å². The lowest BCUT2D eigenvalue weighted by Crippen LogP contribution is -2.39. The van der Waals surface area contributed by atoms with Crippen molar-refractivity contribution in [1.29, 1.82) is 0 Å². The van der Waals surface area contributed by atoms with Crippen molar-refractivity contribution in [3.05, 3.63) is 71.7 Å². The number of nitrogens with zero attached hydrogens (tertiary/aromatic N) is 3. The third kappa shape index (κ3) is 6.36. The first-order valence-electron chi connectivity index (χ1n) is 11.9. The lowest BCUT2D eigenvalue weighted by atomic mass is 9.98. The van der Waals surface area contributed by atoms with Crippen LogP contribution in [0, 0.1) is 17.8 Å². The SMILES string of the molecule is C/C1=C/C=C(/c2nc3ccc(C(F)F)cc3[nH]2)CC#CC1.O=C(O)C1CCCN(c2ccccn2)C1. The van der Waals surface area contributed by atoms with Gasteiger partial charge < -0.3 is 15.0 Å². The van der Waals surface area contributed by atoms with E-state index in [-0.39, 0.29) is 11.5 Å². The average molecular weight is 491 g/mol. The van der Waals surface area contributed by atoms with Gasteiger partial charge in [0.05, 0.1) is 17.0 Å². The molecule has 8 heteroatoms. The maximum Gasteiger partial charge on any atom is 0.308 e. The lowest BCUT2D eigenvalue weighted by molar-refractivity contribution is -0.141. The zero-order valence-electron chi connectivity index (χ0n) is 20.0. The Labute approximate surface area is 208 Å². The quantitative estimate of drug-likeness (QED) is 0.438. The molecule has 1 unspecified atom stereocenters. The summed E-state index contributed by atoms with van der Waals surface area (Å²) in [5.74, 6) is 6.82. The first-order valence-corrected chi connectivity index (χ1v) is 11.9. The van der Waals surface area contributed by atoms with Gasteiger partial charge in [0.15, 0.2) is 0 Å². The number of rotatable bonds is 4. The fourth-order valence-corrected chi connectivity index (χ4v) is 4.13. The predicted octanol–water partition coefficient (Wildman–Crippen LogP) is 6.01. The van der Waals surface area contributed by atoms with Crippen LogP contribution >= 0.6 is 0 Å². The number of alkyl halides is 2. The van der Waals surface area contributed by atoms with Crippen LogP contribution in [0.2, 0.25) is 0 Å². The number of halogens is 2. The number of hydrogen-bond donors (Lipinski definition) is 2. The maximum absolute atomic E-state index is 12.7. The number of nitrogens with one attached hydrogen (secondary N) is 1. The molecule has 1 aliphatic carbocycles. The number of aromatic nitrogens is 3. The van der Waals surface area contributed by atoms with Crippen molar-refractivity contribution in [1.82, 2.24) is 15.0 Å². The first kappa shape index (κ1) is 25.1. The Bertz CT molecular complexity index is 1340. The molecule has 186 valence electrons. The fraction of sp³-hybridized carbons (Fsp3) is 0.321. The van der Waals surface area contributed by atoms with Crippen molar-refractivity contribution < 1.29 is 18.7 Å². The van der Waals surface area contributed by atoms with Gasteiger partial charge in [0.2, 0.25) is 0 Å². The Morgan fingerprint density at radius 1 is 1.19 bits per heavy atom. The number of imidazole rings is 1. The maximum atomic E-state index is 12.7. The van der Waals surface area contributed by atoms with E-state index in [1.807, 2.05) is 42.2 Å². The van der Waals surface area contributed by atoms with Crippen molar-refractivity contribution in [3.63, 3.8) is 0 Å². The highest BCUT2D eigenvalue weighted by Gasteiger charge is 2.25. The highest BCUT2D eigenvalue weighted by Crippen LogP contribution is 2.25. The summed E-state index contributed by atoms with van der Waals surface area (Å²) in [5, 5.41) is 8.96. The molecule has 0 amide bonds. The van der Waals surface area contributed by atoms with E-state index in [9.17, 15) is 13.6 Å². The summed E-state index contributed by atoms with van der Waals surface area (Å²) < 4.78 is 25.5. The van der Waals surface area contributed by atoms with Gasteiger partial charge in [-0.3, -0.25) is 4.79 Å². The van der Waals surface area contributed by atoms with Crippen molar-refractivity contribution in [2.45, 2.75) is 39.0 Å². The number of allylic oxidation sites excluding steroid dienone is 4. The van der Waals surface area contributed by atoms with Gasteiger partial charge in [-0.2, -0.15) is 0 Å². The highest BCUT2D eigenvalue weighted by molar-refractivity contribution is 5.80. The molecule has 2 aliphatic rings. The van der Waals surface area contributed by atoms with Crippen molar-refractivity contribution >= 4 is 28.4 Å². The van der Waals surface area contributed by atoms with Gasteiger partial charge in [-0.05, 0) is 44.0 Å². The van der Waals surface area contributed by atoms with Gasteiger partial charge in [0, 0.05) is 43.3 Å². The molecule has 6 nitrogen and oxygen atoms in total. The molecule has 5 rings (SSSR count). The standard InChI is InChI=1S/C17H14F2N2.C11H14N2O2/c1-11-4-2-3-5-12(7-6-11)17-20-14-9-8-13(16(18)19)10-15(14)21-17;14-11(15)9-4-3-7-13(8-9)10-5-1-2-6-12-10/h6-10,16H,4-5H2,1H3,(H,20,21);1-2,5-6,9H,3-4,7-8H2,(H,14,15)/b11-6-,12-7+;. The Balaban J connectivity index is 0.000000179. The monoisotopic (exact) mass is 490 g/mol. The smallest absolute Gasteiger partial charge is 0.308 e. The van der Waals surface area contributed by atoms with Crippen LogP contribution in [0.4, 0.5) is 14.6 Å². The van der Waals surface area contributed by atoms with E-state index in [0.29, 0.717) is 29.8 Å². The van der Waals surface area contributed by atoms with E-state index in [1.54, 1.807) is 12.3 Å². The number of hydrogen-bond acceptors (Lipinski definition) is 4. The van der Waals surface area contributed by atoms with E-state index in [1.165, 1.54) is 17.7 Å². The Kier molecular flexibility index (Phi) is 8.11. The molecule has 0 bridgehead atoms. The third-order valence-electron chi connectivity index (χ3n) is 6.15. The fourth-order valence-electron chi connectivity index (χ4n) is 4.13. The van der Waals surface area contributed by atoms with Crippen LogP contribution < -0.4 is 4.90 Å². The second kappa shape index (κ2) is 11.6. The largest absolute Gasteiger partial charge is 0.481 e. The number of carboxylic acids is 1. The van der Waals surface area contributed by atoms with Crippen LogP contribution in [0.25, 0.3) is 16.6 Å². The summed E-state index contributed by atoms with van der Waals surface area (Å²) in [6.07, 6.45) is 6.37. The number of carboxylic acid groups (broad SMARTS) is 1. The lowest BCUT2D eigenvalue weighted by Gasteiger charge is -2.31. The number of fused-ring (bicyclic) bond motifs is 1. The number of anilines is 1. The molecule has 0 saturated carbocycles. The number of carbonyl (C=O) groups is 1. The Morgan fingerprint density at radius 2 is 2.03 bits per heavy atom. The Morgan fingerprint density at radius 3 is 2.78 bits per heavy atom. The second-order valence-electron chi connectivity index (χ2n) is 8.89. The summed E-state index contributed by atoms with van der Waals surface area (Å²) in [7, 11) is 0. The average Bonchev–Trinajstić information content (AvgIpc) is 3.31. The van der Waals surface area contributed by atoms with E-state index >= 15 is 0 Å². The zero-order chi connectivity index (χ0) is 25.5. The van der Waals surface area contributed by atoms with Crippen molar-refractivity contribution in [3.8, 4) is 11.8 Å². The number of benzene rings is 1. The van der Waals surface area contributed by atoms with Crippen LogP contribution in [0.3, 0.4) is 0 Å². The molecule has 1 aromatic carbocycles. The summed E-state index contributed by atoms with van der Waals surface area (Å²) >= 11 is 0. The van der Waals surface area contributed by atoms with Gasteiger partial charge >= 0.3 is 5.97 Å². The van der Waals surface area contributed by atoms with Gasteiger partial charge in [-0.25, -0.2) is 18.7 Å². The normalized spacial score (nSPS) is 20.6. The molecule has 2 aromatic heterocycles. The summed E-state index contributed by atoms with van der Waals surface area (Å²) in [5.41, 5.74) is 3.47. The van der Waals surface area contributed by atoms with Gasteiger partial charge in [0.1, 0.15) is 11.6 Å². The van der Waals surface area contributed by atoms with Crippen LogP contribution in [0.1, 0.15) is 50.4 Å². The number of aliphatic carboxylic acids is 1. The minimum atomic E-state index is -2.47. The molecule has 36 heavy (non-hydrogen) atoms. The number of pyridine rings is 1. The molecular weight excluding hydrogens is 462 g/mol. The zero-order valence-corrected chi connectivity index (χ0v) is 20.0. The molecule has 1 saturated heterocycles. The van der Waals surface area contributed by atoms with E-state index in [0.717, 1.165) is 37.2 Å².